The fourth-order valence-electron chi connectivity index (χ4n) is 9.03. The van der Waals surface area contributed by atoms with E-state index in [9.17, 15) is 0 Å². The molecule has 0 fully saturated rings. The van der Waals surface area contributed by atoms with Crippen molar-refractivity contribution in [2.24, 2.45) is 0 Å². The molecule has 0 atom stereocenters. The molecule has 0 aliphatic rings. The fourth-order valence-corrected chi connectivity index (χ4v) is 9.03. The highest BCUT2D eigenvalue weighted by Gasteiger charge is 2.17. The third-order valence-electron chi connectivity index (χ3n) is 11.7. The molecule has 3 nitrogen and oxygen atoms in total. The molecule has 9 aromatic carbocycles. The molecule has 0 N–H and O–H groups in total. The first-order valence-electron chi connectivity index (χ1n) is 19.5. The van der Waals surface area contributed by atoms with Gasteiger partial charge in [0.2, 0.25) is 0 Å². The van der Waals surface area contributed by atoms with Gasteiger partial charge in [-0.15, -0.1) is 0 Å². The molecular formula is C54H34N2O. The topological polar surface area (TPSA) is 23.0 Å². The molecule has 0 saturated carbocycles. The van der Waals surface area contributed by atoms with E-state index in [0.29, 0.717) is 0 Å². The summed E-state index contributed by atoms with van der Waals surface area (Å²) in [6, 6.07) is 74.5. The second-order valence-electron chi connectivity index (χ2n) is 14.9. The lowest BCUT2D eigenvalue weighted by atomic mass is 9.97. The van der Waals surface area contributed by atoms with Gasteiger partial charge in [0.25, 0.3) is 0 Å². The fraction of sp³-hybridized carbons (Fsp3) is 0. The molecule has 0 unspecified atom stereocenters. The summed E-state index contributed by atoms with van der Waals surface area (Å²) in [4.78, 5) is 0. The van der Waals surface area contributed by atoms with Crippen LogP contribution in [0.4, 0.5) is 0 Å². The first kappa shape index (κ1) is 31.7. The zero-order valence-electron chi connectivity index (χ0n) is 30.9. The van der Waals surface area contributed by atoms with E-state index < -0.39 is 0 Å². The average Bonchev–Trinajstić information content (AvgIpc) is 3.93. The Morgan fingerprint density at radius 3 is 1.33 bits per heavy atom. The van der Waals surface area contributed by atoms with Crippen LogP contribution in [0.25, 0.3) is 110 Å². The van der Waals surface area contributed by atoms with Gasteiger partial charge in [-0.05, 0) is 118 Å². The number of nitrogens with zero attached hydrogens (tertiary/aromatic N) is 2. The second kappa shape index (κ2) is 12.5. The van der Waals surface area contributed by atoms with Gasteiger partial charge in [0, 0.05) is 43.7 Å². The Kier molecular flexibility index (Phi) is 6.93. The van der Waals surface area contributed by atoms with Crippen LogP contribution in [0.2, 0.25) is 0 Å². The number of hydrogen-bond donors (Lipinski definition) is 0. The van der Waals surface area contributed by atoms with Crippen LogP contribution < -0.4 is 0 Å². The molecular weight excluding hydrogens is 693 g/mol. The number of fused-ring (bicyclic) bond motifs is 9. The summed E-state index contributed by atoms with van der Waals surface area (Å²) in [5.74, 6) is 0. The molecule has 12 rings (SSSR count). The lowest BCUT2D eigenvalue weighted by Gasteiger charge is -2.09. The Bertz CT molecular complexity index is 3510. The summed E-state index contributed by atoms with van der Waals surface area (Å²) in [5.41, 5.74) is 16.0. The standard InChI is InChI=1S/C54H34N2O/c1-3-12-35(13-4-1)38-22-26-52-45(31-38)44-19-8-10-21-50(44)56(52)42-25-29-54-48(34-42)47-33-40(24-28-53(47)57-54)37-15-11-14-36(30-37)39-23-27-51-46(32-39)43-18-7-9-20-49(43)55(51)41-16-5-2-6-17-41/h1-34H. The van der Waals surface area contributed by atoms with E-state index in [1.807, 2.05) is 0 Å². The number of furan rings is 1. The quantitative estimate of drug-likeness (QED) is 0.173. The SMILES string of the molecule is c1ccc(-c2ccc3c(c2)c2ccccc2n3-c2ccc3oc4ccc(-c5cccc(-c6ccc7c(c6)c6ccccc6n7-c6ccccc6)c5)cc4c3c2)cc1. The normalized spacial score (nSPS) is 11.9. The van der Waals surface area contributed by atoms with E-state index in [2.05, 4.69) is 215 Å². The minimum atomic E-state index is 0.884. The first-order valence-corrected chi connectivity index (χ1v) is 19.5. The van der Waals surface area contributed by atoms with Crippen LogP contribution in [-0.4, -0.2) is 9.13 Å². The molecule has 0 radical (unpaired) electrons. The van der Waals surface area contributed by atoms with Crippen molar-refractivity contribution in [2.75, 3.05) is 0 Å². The number of para-hydroxylation sites is 3. The van der Waals surface area contributed by atoms with Gasteiger partial charge in [0.05, 0.1) is 22.1 Å². The highest BCUT2D eigenvalue weighted by Crippen LogP contribution is 2.40. The predicted octanol–water partition coefficient (Wildman–Crippen LogP) is 14.8. The first-order chi connectivity index (χ1) is 28.2. The minimum Gasteiger partial charge on any atom is -0.456 e. The van der Waals surface area contributed by atoms with Crippen LogP contribution in [-0.2, 0) is 0 Å². The summed E-state index contributed by atoms with van der Waals surface area (Å²) in [6.07, 6.45) is 0. The molecule has 0 saturated heterocycles. The van der Waals surface area contributed by atoms with Crippen LogP contribution in [0, 0.1) is 0 Å². The highest BCUT2D eigenvalue weighted by atomic mass is 16.3. The van der Waals surface area contributed by atoms with E-state index in [1.165, 1.54) is 77.1 Å². The predicted molar refractivity (Wildman–Crippen MR) is 239 cm³/mol. The molecule has 3 heteroatoms. The zero-order chi connectivity index (χ0) is 37.5. The minimum absolute atomic E-state index is 0.884. The van der Waals surface area contributed by atoms with Crippen molar-refractivity contribution in [3.05, 3.63) is 206 Å². The van der Waals surface area contributed by atoms with E-state index in [1.54, 1.807) is 0 Å². The Morgan fingerprint density at radius 2 is 0.684 bits per heavy atom. The summed E-state index contributed by atoms with van der Waals surface area (Å²) >= 11 is 0. The van der Waals surface area contributed by atoms with Crippen molar-refractivity contribution in [1.29, 1.82) is 0 Å². The van der Waals surface area contributed by atoms with Gasteiger partial charge in [-0.1, -0.05) is 121 Å². The van der Waals surface area contributed by atoms with E-state index in [-0.39, 0.29) is 0 Å². The maximum atomic E-state index is 6.45. The van der Waals surface area contributed by atoms with Crippen molar-refractivity contribution in [2.45, 2.75) is 0 Å². The third kappa shape index (κ3) is 4.99. The smallest absolute Gasteiger partial charge is 0.135 e. The molecule has 3 heterocycles. The monoisotopic (exact) mass is 726 g/mol. The van der Waals surface area contributed by atoms with Crippen LogP contribution in [0.5, 0.6) is 0 Å². The highest BCUT2D eigenvalue weighted by molar-refractivity contribution is 6.13. The lowest BCUT2D eigenvalue weighted by molar-refractivity contribution is 0.669. The molecule has 0 amide bonds. The molecule has 0 bridgehead atoms. The maximum Gasteiger partial charge on any atom is 0.135 e. The Hall–Kier alpha value is -7.62. The lowest BCUT2D eigenvalue weighted by Crippen LogP contribution is -1.93. The molecule has 0 aliphatic heterocycles. The van der Waals surface area contributed by atoms with Gasteiger partial charge >= 0.3 is 0 Å². The molecule has 12 aromatic rings. The van der Waals surface area contributed by atoms with Crippen LogP contribution in [0.1, 0.15) is 0 Å². The molecule has 266 valence electrons. The average molecular weight is 727 g/mol. The third-order valence-corrected chi connectivity index (χ3v) is 11.7. The van der Waals surface area contributed by atoms with E-state index in [4.69, 9.17) is 4.42 Å². The molecule has 0 spiro atoms. The number of aromatic nitrogens is 2. The van der Waals surface area contributed by atoms with E-state index in [0.717, 1.165) is 33.2 Å². The van der Waals surface area contributed by atoms with Crippen LogP contribution in [0.3, 0.4) is 0 Å². The van der Waals surface area contributed by atoms with Crippen molar-refractivity contribution in [3.8, 4) is 44.8 Å². The van der Waals surface area contributed by atoms with Crippen molar-refractivity contribution >= 4 is 65.6 Å². The van der Waals surface area contributed by atoms with Crippen molar-refractivity contribution in [3.63, 3.8) is 0 Å². The van der Waals surface area contributed by atoms with Gasteiger partial charge < -0.3 is 13.6 Å². The summed E-state index contributed by atoms with van der Waals surface area (Å²) in [5, 5.41) is 7.20. The summed E-state index contributed by atoms with van der Waals surface area (Å²) in [7, 11) is 0. The number of hydrogen-bond acceptors (Lipinski definition) is 1. The van der Waals surface area contributed by atoms with E-state index >= 15 is 0 Å². The molecule has 3 aromatic heterocycles. The Morgan fingerprint density at radius 1 is 0.246 bits per heavy atom. The van der Waals surface area contributed by atoms with Gasteiger partial charge in [-0.3, -0.25) is 0 Å². The number of benzene rings is 9. The van der Waals surface area contributed by atoms with Crippen molar-refractivity contribution < 1.29 is 4.42 Å². The van der Waals surface area contributed by atoms with Gasteiger partial charge in [-0.25, -0.2) is 0 Å². The molecule has 0 aliphatic carbocycles. The number of rotatable bonds is 5. The summed E-state index contributed by atoms with van der Waals surface area (Å²) in [6.45, 7) is 0. The van der Waals surface area contributed by atoms with Crippen molar-refractivity contribution in [1.82, 2.24) is 9.13 Å². The zero-order valence-corrected chi connectivity index (χ0v) is 30.9. The molecule has 57 heavy (non-hydrogen) atoms. The Labute approximate surface area is 328 Å². The largest absolute Gasteiger partial charge is 0.456 e. The van der Waals surface area contributed by atoms with Crippen LogP contribution >= 0.6 is 0 Å². The van der Waals surface area contributed by atoms with Gasteiger partial charge in [0.15, 0.2) is 0 Å². The maximum absolute atomic E-state index is 6.45. The second-order valence-corrected chi connectivity index (χ2v) is 14.9. The van der Waals surface area contributed by atoms with Gasteiger partial charge in [-0.2, -0.15) is 0 Å². The Balaban J connectivity index is 0.960. The van der Waals surface area contributed by atoms with Gasteiger partial charge in [0.1, 0.15) is 11.2 Å². The summed E-state index contributed by atoms with van der Waals surface area (Å²) < 4.78 is 11.2. The van der Waals surface area contributed by atoms with Crippen LogP contribution in [0.15, 0.2) is 211 Å².